The molecule has 5 nitrogen and oxygen atoms in total. The van der Waals surface area contributed by atoms with Gasteiger partial charge in [-0.05, 0) is 70.7 Å². The van der Waals surface area contributed by atoms with E-state index in [1.165, 1.54) is 5.56 Å². The number of hydrogen-bond acceptors (Lipinski definition) is 4. The molecule has 0 bridgehead atoms. The Labute approximate surface area is 151 Å². The molecule has 1 atom stereocenters. The smallest absolute Gasteiger partial charge is 0.410 e. The molecule has 1 fully saturated rings. The zero-order valence-electron chi connectivity index (χ0n) is 16.2. The first-order valence-corrected chi connectivity index (χ1v) is 9.14. The van der Waals surface area contributed by atoms with Crippen molar-refractivity contribution in [3.8, 4) is 5.75 Å². The van der Waals surface area contributed by atoms with Gasteiger partial charge in [-0.15, -0.1) is 0 Å². The zero-order chi connectivity index (χ0) is 18.4. The van der Waals surface area contributed by atoms with Gasteiger partial charge in [-0.3, -0.25) is 0 Å². The topological polar surface area (TPSA) is 50.8 Å². The molecule has 0 aromatic heterocycles. The summed E-state index contributed by atoms with van der Waals surface area (Å²) in [4.78, 5) is 14.2. The lowest BCUT2D eigenvalue weighted by Gasteiger charge is -2.28. The molecule has 140 valence electrons. The van der Waals surface area contributed by atoms with E-state index >= 15 is 0 Å². The van der Waals surface area contributed by atoms with Crippen molar-refractivity contribution in [2.45, 2.75) is 65.1 Å². The molecule has 25 heavy (non-hydrogen) atoms. The van der Waals surface area contributed by atoms with Crippen LogP contribution in [0, 0.1) is 6.92 Å². The maximum absolute atomic E-state index is 12.3. The van der Waals surface area contributed by atoms with Crippen molar-refractivity contribution in [3.63, 3.8) is 0 Å². The van der Waals surface area contributed by atoms with Crippen LogP contribution in [0.4, 0.5) is 4.79 Å². The molecule has 0 spiro atoms. The molecule has 0 saturated carbocycles. The van der Waals surface area contributed by atoms with Gasteiger partial charge in [0, 0.05) is 19.1 Å². The molecule has 0 aliphatic carbocycles. The second-order valence-corrected chi connectivity index (χ2v) is 7.74. The molecule has 5 heteroatoms. The van der Waals surface area contributed by atoms with Crippen LogP contribution in [0.2, 0.25) is 0 Å². The first kappa shape index (κ1) is 19.6. The van der Waals surface area contributed by atoms with E-state index in [1.54, 1.807) is 7.11 Å². The Morgan fingerprint density at radius 1 is 1.36 bits per heavy atom. The molecule has 1 aliphatic rings. The third-order valence-corrected chi connectivity index (χ3v) is 4.45. The molecule has 1 amide bonds. The average Bonchev–Trinajstić information content (AvgIpc) is 2.99. The van der Waals surface area contributed by atoms with E-state index in [-0.39, 0.29) is 12.1 Å². The van der Waals surface area contributed by atoms with Gasteiger partial charge in [0.1, 0.15) is 11.4 Å². The Morgan fingerprint density at radius 2 is 2.12 bits per heavy atom. The maximum Gasteiger partial charge on any atom is 0.410 e. The molecular weight excluding hydrogens is 316 g/mol. The third kappa shape index (κ3) is 5.92. The van der Waals surface area contributed by atoms with Crippen molar-refractivity contribution in [1.82, 2.24) is 10.2 Å². The van der Waals surface area contributed by atoms with E-state index in [2.05, 4.69) is 24.4 Å². The highest BCUT2D eigenvalue weighted by Crippen LogP contribution is 2.23. The number of rotatable bonds is 6. The molecule has 1 heterocycles. The van der Waals surface area contributed by atoms with Gasteiger partial charge in [-0.25, -0.2) is 4.79 Å². The number of hydrogen-bond donors (Lipinski definition) is 1. The zero-order valence-corrected chi connectivity index (χ0v) is 16.2. The average molecular weight is 348 g/mol. The van der Waals surface area contributed by atoms with Gasteiger partial charge in [-0.1, -0.05) is 12.1 Å². The number of carbonyl (C=O) groups is 1. The molecular formula is C20H32N2O3. The highest BCUT2D eigenvalue weighted by Gasteiger charge is 2.31. The summed E-state index contributed by atoms with van der Waals surface area (Å²) in [7, 11) is 1.69. The molecule has 0 radical (unpaired) electrons. The SMILES string of the molecule is COc1ccc(CNCCC2CCCN2C(=O)OC(C)(C)C)cc1C. The number of carbonyl (C=O) groups excluding carboxylic acids is 1. The van der Waals surface area contributed by atoms with Crippen LogP contribution in [0.15, 0.2) is 18.2 Å². The predicted octanol–water partition coefficient (Wildman–Crippen LogP) is 3.88. The van der Waals surface area contributed by atoms with Gasteiger partial charge in [0.2, 0.25) is 0 Å². The van der Waals surface area contributed by atoms with Crippen LogP contribution in [0.5, 0.6) is 5.75 Å². The minimum absolute atomic E-state index is 0.180. The Hall–Kier alpha value is -1.75. The lowest BCUT2D eigenvalue weighted by molar-refractivity contribution is 0.0220. The lowest BCUT2D eigenvalue weighted by atomic mass is 10.1. The van der Waals surface area contributed by atoms with Crippen molar-refractivity contribution >= 4 is 6.09 Å². The van der Waals surface area contributed by atoms with Gasteiger partial charge in [0.05, 0.1) is 7.11 Å². The molecule has 1 aromatic rings. The van der Waals surface area contributed by atoms with Crippen LogP contribution in [-0.2, 0) is 11.3 Å². The summed E-state index contributed by atoms with van der Waals surface area (Å²) >= 11 is 0. The molecule has 1 aromatic carbocycles. The number of ether oxygens (including phenoxy) is 2. The molecule has 1 N–H and O–H groups in total. The van der Waals surface area contributed by atoms with Crippen LogP contribution in [0.25, 0.3) is 0 Å². The maximum atomic E-state index is 12.3. The van der Waals surface area contributed by atoms with Crippen LogP contribution in [0.3, 0.4) is 0 Å². The van der Waals surface area contributed by atoms with E-state index in [4.69, 9.17) is 9.47 Å². The van der Waals surface area contributed by atoms with Crippen molar-refractivity contribution in [1.29, 1.82) is 0 Å². The second kappa shape index (κ2) is 8.56. The quantitative estimate of drug-likeness (QED) is 0.793. The summed E-state index contributed by atoms with van der Waals surface area (Å²) in [6, 6.07) is 6.52. The molecule has 1 saturated heterocycles. The van der Waals surface area contributed by atoms with Crippen molar-refractivity contribution in [2.75, 3.05) is 20.2 Å². The normalized spacial score (nSPS) is 17.6. The first-order chi connectivity index (χ1) is 11.8. The van der Waals surface area contributed by atoms with Crippen LogP contribution in [0.1, 0.15) is 51.2 Å². The van der Waals surface area contributed by atoms with Crippen molar-refractivity contribution in [3.05, 3.63) is 29.3 Å². The lowest BCUT2D eigenvalue weighted by Crippen LogP contribution is -2.40. The summed E-state index contributed by atoms with van der Waals surface area (Å²) in [6.07, 6.45) is 2.89. The monoisotopic (exact) mass is 348 g/mol. The van der Waals surface area contributed by atoms with E-state index in [0.29, 0.717) is 0 Å². The standard InChI is InChI=1S/C20H32N2O3/c1-15-13-16(8-9-18(15)24-5)14-21-11-10-17-7-6-12-22(17)19(23)25-20(2,3)4/h8-9,13,17,21H,6-7,10-12,14H2,1-5H3. The minimum atomic E-state index is -0.436. The fraction of sp³-hybridized carbons (Fsp3) is 0.650. The van der Waals surface area contributed by atoms with Gasteiger partial charge in [-0.2, -0.15) is 0 Å². The van der Waals surface area contributed by atoms with E-state index in [0.717, 1.165) is 50.2 Å². The fourth-order valence-corrected chi connectivity index (χ4v) is 3.25. The van der Waals surface area contributed by atoms with Gasteiger partial charge >= 0.3 is 6.09 Å². The first-order valence-electron chi connectivity index (χ1n) is 9.14. The summed E-state index contributed by atoms with van der Waals surface area (Å²) < 4.78 is 10.8. The molecule has 1 unspecified atom stereocenters. The van der Waals surface area contributed by atoms with Gasteiger partial charge in [0.25, 0.3) is 0 Å². The van der Waals surface area contributed by atoms with Crippen LogP contribution in [-0.4, -0.2) is 42.8 Å². The second-order valence-electron chi connectivity index (χ2n) is 7.74. The van der Waals surface area contributed by atoms with Crippen molar-refractivity contribution in [2.24, 2.45) is 0 Å². The number of likely N-dealkylation sites (tertiary alicyclic amines) is 1. The highest BCUT2D eigenvalue weighted by molar-refractivity contribution is 5.68. The van der Waals surface area contributed by atoms with Gasteiger partial charge < -0.3 is 19.7 Å². The molecule has 1 aliphatic heterocycles. The number of aryl methyl sites for hydroxylation is 1. The number of benzene rings is 1. The largest absolute Gasteiger partial charge is 0.496 e. The Kier molecular flexibility index (Phi) is 6.71. The van der Waals surface area contributed by atoms with E-state index in [9.17, 15) is 4.79 Å². The third-order valence-electron chi connectivity index (χ3n) is 4.45. The number of nitrogens with zero attached hydrogens (tertiary/aromatic N) is 1. The summed E-state index contributed by atoms with van der Waals surface area (Å²) in [5.74, 6) is 0.919. The van der Waals surface area contributed by atoms with E-state index < -0.39 is 5.60 Å². The number of nitrogens with one attached hydrogen (secondary N) is 1. The number of amides is 1. The summed E-state index contributed by atoms with van der Waals surface area (Å²) in [5.41, 5.74) is 1.96. The minimum Gasteiger partial charge on any atom is -0.496 e. The Bertz CT molecular complexity index is 581. The highest BCUT2D eigenvalue weighted by atomic mass is 16.6. The number of methoxy groups -OCH3 is 1. The van der Waals surface area contributed by atoms with Gasteiger partial charge in [0.15, 0.2) is 0 Å². The fourth-order valence-electron chi connectivity index (χ4n) is 3.25. The van der Waals surface area contributed by atoms with Crippen LogP contribution >= 0.6 is 0 Å². The molecule has 2 rings (SSSR count). The van der Waals surface area contributed by atoms with Crippen LogP contribution < -0.4 is 10.1 Å². The summed E-state index contributed by atoms with van der Waals surface area (Å²) in [5, 5.41) is 3.48. The summed E-state index contributed by atoms with van der Waals surface area (Å²) in [6.45, 7) is 10.3. The van der Waals surface area contributed by atoms with Crippen molar-refractivity contribution < 1.29 is 14.3 Å². The predicted molar refractivity (Wildman–Crippen MR) is 100 cm³/mol. The van der Waals surface area contributed by atoms with E-state index in [1.807, 2.05) is 31.7 Å². The Morgan fingerprint density at radius 3 is 2.76 bits per heavy atom. The Balaban J connectivity index is 1.77.